The van der Waals surface area contributed by atoms with Crippen molar-refractivity contribution in [3.63, 3.8) is 0 Å². The molecule has 1 aromatic carbocycles. The third-order valence-electron chi connectivity index (χ3n) is 1.92. The van der Waals surface area contributed by atoms with Crippen LogP contribution in [-0.2, 0) is 0 Å². The normalized spacial score (nSPS) is 10.9. The summed E-state index contributed by atoms with van der Waals surface area (Å²) in [5, 5.41) is 10.9. The second-order valence-corrected chi connectivity index (χ2v) is 4.52. The molecule has 82 valence electrons. The van der Waals surface area contributed by atoms with Crippen LogP contribution in [0.4, 0.5) is 5.69 Å². The van der Waals surface area contributed by atoms with E-state index in [2.05, 4.69) is 46.8 Å². The highest BCUT2D eigenvalue weighted by Gasteiger charge is 1.99. The summed E-state index contributed by atoms with van der Waals surface area (Å²) in [4.78, 5) is 0. The van der Waals surface area contributed by atoms with E-state index in [9.17, 15) is 0 Å². The Morgan fingerprint density at radius 1 is 1.33 bits per heavy atom. The standard InChI is InChI=1S/C10H13ClIN3/c1-3-15(4-2)14-13-10-6-5-8(11)7-9(10)12/h5-7H,3-4H2,1-2H3. The molecule has 0 unspecified atom stereocenters. The Kier molecular flexibility index (Phi) is 5.31. The molecular formula is C10H13ClIN3. The Balaban J connectivity index is 2.80. The number of rotatable bonds is 4. The number of hydrogen-bond acceptors (Lipinski definition) is 2. The highest BCUT2D eigenvalue weighted by atomic mass is 127. The van der Waals surface area contributed by atoms with Gasteiger partial charge in [-0.1, -0.05) is 16.8 Å². The minimum Gasteiger partial charge on any atom is -0.279 e. The van der Waals surface area contributed by atoms with Crippen molar-refractivity contribution in [2.24, 2.45) is 10.3 Å². The van der Waals surface area contributed by atoms with Gasteiger partial charge in [0.25, 0.3) is 0 Å². The molecule has 0 aliphatic heterocycles. The Labute approximate surface area is 109 Å². The first kappa shape index (κ1) is 12.7. The quantitative estimate of drug-likeness (QED) is 0.458. The predicted octanol–water partition coefficient (Wildman–Crippen LogP) is 4.29. The molecular weight excluding hydrogens is 324 g/mol. The van der Waals surface area contributed by atoms with Crippen LogP contribution in [0.25, 0.3) is 0 Å². The molecule has 0 heterocycles. The van der Waals surface area contributed by atoms with Crippen molar-refractivity contribution in [3.8, 4) is 0 Å². The minimum absolute atomic E-state index is 0.723. The largest absolute Gasteiger partial charge is 0.279 e. The van der Waals surface area contributed by atoms with E-state index in [1.807, 2.05) is 23.2 Å². The molecule has 0 amide bonds. The highest BCUT2D eigenvalue weighted by molar-refractivity contribution is 14.1. The van der Waals surface area contributed by atoms with E-state index in [-0.39, 0.29) is 0 Å². The van der Waals surface area contributed by atoms with Gasteiger partial charge in [-0.3, -0.25) is 5.01 Å². The Hall–Kier alpha value is -0.360. The highest BCUT2D eigenvalue weighted by Crippen LogP contribution is 2.25. The molecule has 0 spiro atoms. The average Bonchev–Trinajstić information content (AvgIpc) is 2.22. The molecule has 0 fully saturated rings. The number of hydrogen-bond donors (Lipinski definition) is 0. The molecule has 1 rings (SSSR count). The van der Waals surface area contributed by atoms with Gasteiger partial charge in [-0.2, -0.15) is 0 Å². The Morgan fingerprint density at radius 3 is 2.53 bits per heavy atom. The van der Waals surface area contributed by atoms with Crippen molar-refractivity contribution >= 4 is 39.9 Å². The molecule has 1 aromatic rings. The summed E-state index contributed by atoms with van der Waals surface area (Å²) >= 11 is 8.05. The van der Waals surface area contributed by atoms with Crippen molar-refractivity contribution in [2.45, 2.75) is 13.8 Å². The van der Waals surface area contributed by atoms with E-state index >= 15 is 0 Å². The van der Waals surface area contributed by atoms with Crippen molar-refractivity contribution in [1.29, 1.82) is 0 Å². The maximum Gasteiger partial charge on any atom is 0.101 e. The Morgan fingerprint density at radius 2 is 2.00 bits per heavy atom. The maximum atomic E-state index is 5.85. The van der Waals surface area contributed by atoms with Gasteiger partial charge in [0.05, 0.1) is 0 Å². The average molecular weight is 338 g/mol. The second kappa shape index (κ2) is 6.27. The van der Waals surface area contributed by atoms with E-state index in [1.54, 1.807) is 0 Å². The van der Waals surface area contributed by atoms with Crippen molar-refractivity contribution < 1.29 is 0 Å². The Bertz CT molecular complexity index is 351. The lowest BCUT2D eigenvalue weighted by Crippen LogP contribution is -2.14. The van der Waals surface area contributed by atoms with Gasteiger partial charge in [-0.15, -0.1) is 5.11 Å². The number of benzene rings is 1. The molecule has 3 nitrogen and oxygen atoms in total. The first-order valence-corrected chi connectivity index (χ1v) is 6.24. The van der Waals surface area contributed by atoms with Crippen molar-refractivity contribution in [1.82, 2.24) is 5.01 Å². The van der Waals surface area contributed by atoms with Crippen LogP contribution in [0.5, 0.6) is 0 Å². The zero-order valence-electron chi connectivity index (χ0n) is 8.74. The lowest BCUT2D eigenvalue weighted by molar-refractivity contribution is 0.300. The molecule has 0 aliphatic carbocycles. The molecule has 15 heavy (non-hydrogen) atoms. The first-order valence-electron chi connectivity index (χ1n) is 4.79. The summed E-state index contributed by atoms with van der Waals surface area (Å²) < 4.78 is 1.01. The van der Waals surface area contributed by atoms with Gasteiger partial charge in [0.15, 0.2) is 0 Å². The molecule has 0 N–H and O–H groups in total. The predicted molar refractivity (Wildman–Crippen MR) is 71.6 cm³/mol. The molecule has 0 radical (unpaired) electrons. The van der Waals surface area contributed by atoms with Gasteiger partial charge >= 0.3 is 0 Å². The van der Waals surface area contributed by atoms with Crippen LogP contribution in [0, 0.1) is 3.57 Å². The van der Waals surface area contributed by atoms with Gasteiger partial charge in [-0.25, -0.2) is 0 Å². The minimum atomic E-state index is 0.723. The van der Waals surface area contributed by atoms with Gasteiger partial charge < -0.3 is 0 Å². The molecule has 5 heteroatoms. The third kappa shape index (κ3) is 3.95. The monoisotopic (exact) mass is 337 g/mol. The van der Waals surface area contributed by atoms with Gasteiger partial charge in [-0.05, 0) is 54.6 Å². The van der Waals surface area contributed by atoms with Crippen LogP contribution < -0.4 is 0 Å². The van der Waals surface area contributed by atoms with E-state index in [1.165, 1.54) is 0 Å². The fourth-order valence-corrected chi connectivity index (χ4v) is 2.00. The van der Waals surface area contributed by atoms with Crippen LogP contribution >= 0.6 is 34.2 Å². The first-order chi connectivity index (χ1) is 7.17. The van der Waals surface area contributed by atoms with Gasteiger partial charge in [0.2, 0.25) is 0 Å². The molecule has 0 aromatic heterocycles. The fraction of sp³-hybridized carbons (Fsp3) is 0.400. The maximum absolute atomic E-state index is 5.85. The number of nitrogens with zero attached hydrogens (tertiary/aromatic N) is 3. The second-order valence-electron chi connectivity index (χ2n) is 2.92. The molecule has 0 aliphatic rings. The van der Waals surface area contributed by atoms with E-state index in [0.717, 1.165) is 27.4 Å². The SMILES string of the molecule is CCN(CC)N=Nc1ccc(Cl)cc1I. The molecule has 0 bridgehead atoms. The summed E-state index contributed by atoms with van der Waals surface area (Å²) in [6.45, 7) is 5.83. The van der Waals surface area contributed by atoms with Crippen LogP contribution in [0.15, 0.2) is 28.5 Å². The topological polar surface area (TPSA) is 28.0 Å². The summed E-state index contributed by atoms with van der Waals surface area (Å²) in [7, 11) is 0. The van der Waals surface area contributed by atoms with Crippen LogP contribution in [0.2, 0.25) is 5.02 Å². The van der Waals surface area contributed by atoms with Gasteiger partial charge in [0, 0.05) is 21.7 Å². The number of halogens is 2. The van der Waals surface area contributed by atoms with Crippen LogP contribution in [0.1, 0.15) is 13.8 Å². The molecule has 0 atom stereocenters. The van der Waals surface area contributed by atoms with E-state index in [4.69, 9.17) is 11.6 Å². The lowest BCUT2D eigenvalue weighted by atomic mass is 10.3. The summed E-state index contributed by atoms with van der Waals surface area (Å²) in [6, 6.07) is 5.57. The zero-order chi connectivity index (χ0) is 11.3. The lowest BCUT2D eigenvalue weighted by Gasteiger charge is -2.11. The van der Waals surface area contributed by atoms with Crippen LogP contribution in [-0.4, -0.2) is 18.1 Å². The van der Waals surface area contributed by atoms with E-state index in [0.29, 0.717) is 0 Å². The summed E-state index contributed by atoms with van der Waals surface area (Å²) in [5.41, 5.74) is 0.854. The fourth-order valence-electron chi connectivity index (χ4n) is 1.02. The van der Waals surface area contributed by atoms with E-state index < -0.39 is 0 Å². The molecule has 0 saturated carbocycles. The molecule has 0 saturated heterocycles. The smallest absolute Gasteiger partial charge is 0.101 e. The summed E-state index contributed by atoms with van der Waals surface area (Å²) in [6.07, 6.45) is 0. The third-order valence-corrected chi connectivity index (χ3v) is 3.02. The summed E-state index contributed by atoms with van der Waals surface area (Å²) in [5.74, 6) is 0. The van der Waals surface area contributed by atoms with Gasteiger partial charge in [0.1, 0.15) is 5.69 Å². The van der Waals surface area contributed by atoms with Crippen molar-refractivity contribution in [2.75, 3.05) is 13.1 Å². The van der Waals surface area contributed by atoms with Crippen molar-refractivity contribution in [3.05, 3.63) is 26.8 Å². The van der Waals surface area contributed by atoms with Crippen LogP contribution in [0.3, 0.4) is 0 Å². The zero-order valence-corrected chi connectivity index (χ0v) is 11.7.